The molecule has 0 radical (unpaired) electrons. The quantitative estimate of drug-likeness (QED) is 0.700. The van der Waals surface area contributed by atoms with Gasteiger partial charge in [0.2, 0.25) is 0 Å². The summed E-state index contributed by atoms with van der Waals surface area (Å²) in [4.78, 5) is 6.88. The van der Waals surface area contributed by atoms with Crippen molar-refractivity contribution >= 4 is 49.5 Å². The second kappa shape index (κ2) is 5.39. The highest BCUT2D eigenvalue weighted by Gasteiger charge is 2.11. The molecule has 0 aliphatic carbocycles. The number of aromatic nitrogens is 2. The van der Waals surface area contributed by atoms with Gasteiger partial charge in [-0.1, -0.05) is 27.5 Å². The minimum absolute atomic E-state index is 0.699. The number of anilines is 1. The molecule has 0 atom stereocenters. The average Bonchev–Trinajstić information content (AvgIpc) is 2.84. The van der Waals surface area contributed by atoms with E-state index in [9.17, 15) is 0 Å². The van der Waals surface area contributed by atoms with E-state index in [0.29, 0.717) is 11.6 Å². The van der Waals surface area contributed by atoms with Crippen LogP contribution in [0.3, 0.4) is 0 Å². The molecule has 0 saturated heterocycles. The van der Waals surface area contributed by atoms with Gasteiger partial charge in [0.25, 0.3) is 0 Å². The lowest BCUT2D eigenvalue weighted by atomic mass is 10.3. The number of rotatable bonds is 3. The molecule has 0 amide bonds. The molecule has 0 fully saturated rings. The third-order valence-corrected chi connectivity index (χ3v) is 4.82. The molecule has 1 N–H and O–H groups in total. The minimum Gasteiger partial charge on any atom is -0.378 e. The van der Waals surface area contributed by atoms with Gasteiger partial charge in [0, 0.05) is 15.5 Å². The molecule has 0 spiro atoms. The van der Waals surface area contributed by atoms with E-state index >= 15 is 0 Å². The lowest BCUT2D eigenvalue weighted by Crippen LogP contribution is -2.04. The van der Waals surface area contributed by atoms with Gasteiger partial charge in [0.15, 0.2) is 4.96 Å². The van der Waals surface area contributed by atoms with Crippen molar-refractivity contribution in [3.8, 4) is 0 Å². The highest BCUT2D eigenvalue weighted by Crippen LogP contribution is 2.27. The van der Waals surface area contributed by atoms with Crippen molar-refractivity contribution in [3.63, 3.8) is 0 Å². The molecule has 0 aliphatic heterocycles. The molecule has 2 heterocycles. The fraction of sp³-hybridized carbons (Fsp3) is 0.214. The minimum atomic E-state index is 0.699. The van der Waals surface area contributed by atoms with E-state index in [1.54, 1.807) is 11.3 Å². The van der Waals surface area contributed by atoms with Crippen molar-refractivity contribution in [1.82, 2.24) is 9.38 Å². The number of nitrogens with zero attached hydrogens (tertiary/aromatic N) is 2. The Morgan fingerprint density at radius 2 is 2.20 bits per heavy atom. The Bertz CT molecular complexity index is 778. The number of thiazole rings is 1. The van der Waals surface area contributed by atoms with Crippen LogP contribution in [0, 0.1) is 13.8 Å². The first-order valence-electron chi connectivity index (χ1n) is 6.17. The number of hydrogen-bond donors (Lipinski definition) is 1. The lowest BCUT2D eigenvalue weighted by molar-refractivity contribution is 0.991. The molecule has 2 aromatic heterocycles. The van der Waals surface area contributed by atoms with Gasteiger partial charge < -0.3 is 5.32 Å². The summed E-state index contributed by atoms with van der Waals surface area (Å²) < 4.78 is 3.12. The third kappa shape index (κ3) is 2.57. The summed E-state index contributed by atoms with van der Waals surface area (Å²) in [5.74, 6) is 0. The van der Waals surface area contributed by atoms with E-state index in [-0.39, 0.29) is 0 Å². The van der Waals surface area contributed by atoms with Gasteiger partial charge in [-0.25, -0.2) is 4.98 Å². The van der Waals surface area contributed by atoms with Crippen molar-refractivity contribution in [2.24, 2.45) is 0 Å². The van der Waals surface area contributed by atoms with Crippen LogP contribution < -0.4 is 5.32 Å². The second-order valence-electron chi connectivity index (χ2n) is 4.62. The number of fused-ring (bicyclic) bond motifs is 1. The summed E-state index contributed by atoms with van der Waals surface area (Å²) in [7, 11) is 0. The summed E-state index contributed by atoms with van der Waals surface area (Å²) in [6, 6.07) is 5.83. The zero-order chi connectivity index (χ0) is 14.3. The third-order valence-electron chi connectivity index (χ3n) is 3.12. The predicted molar refractivity (Wildman–Crippen MR) is 89.0 cm³/mol. The van der Waals surface area contributed by atoms with Crippen molar-refractivity contribution in [3.05, 3.63) is 50.2 Å². The van der Waals surface area contributed by atoms with E-state index < -0.39 is 0 Å². The number of aryl methyl sites for hydroxylation is 2. The molecule has 0 saturated carbocycles. The summed E-state index contributed by atoms with van der Waals surface area (Å²) in [5.41, 5.74) is 3.15. The molecule has 0 bridgehead atoms. The normalized spacial score (nSPS) is 11.2. The summed E-state index contributed by atoms with van der Waals surface area (Å²) in [6.07, 6.45) is 2.13. The van der Waals surface area contributed by atoms with Crippen LogP contribution in [-0.2, 0) is 6.54 Å². The Hall–Kier alpha value is -1.04. The summed E-state index contributed by atoms with van der Waals surface area (Å²) in [6.45, 7) is 4.83. The smallest absolute Gasteiger partial charge is 0.194 e. The number of halogens is 2. The van der Waals surface area contributed by atoms with Gasteiger partial charge in [-0.2, -0.15) is 0 Å². The molecule has 0 unspecified atom stereocenters. The first kappa shape index (κ1) is 13.9. The molecule has 1 aromatic carbocycles. The van der Waals surface area contributed by atoms with Crippen LogP contribution in [0.15, 0.2) is 28.9 Å². The highest BCUT2D eigenvalue weighted by molar-refractivity contribution is 9.10. The number of hydrogen-bond acceptors (Lipinski definition) is 3. The zero-order valence-electron chi connectivity index (χ0n) is 11.1. The molecular weight excluding hydrogens is 358 g/mol. The predicted octanol–water partition coefficient (Wildman–Crippen LogP) is 5.04. The summed E-state index contributed by atoms with van der Waals surface area (Å²) in [5, 5.41) is 4.08. The largest absolute Gasteiger partial charge is 0.378 e. The second-order valence-corrected chi connectivity index (χ2v) is 7.15. The topological polar surface area (TPSA) is 29.3 Å². The molecule has 3 nitrogen and oxygen atoms in total. The van der Waals surface area contributed by atoms with Crippen molar-refractivity contribution in [2.45, 2.75) is 20.4 Å². The molecule has 20 heavy (non-hydrogen) atoms. The maximum absolute atomic E-state index is 6.22. The fourth-order valence-corrected chi connectivity index (χ4v) is 3.76. The zero-order valence-corrected chi connectivity index (χ0v) is 14.2. The Kier molecular flexibility index (Phi) is 3.75. The van der Waals surface area contributed by atoms with Gasteiger partial charge in [-0.3, -0.25) is 4.40 Å². The Morgan fingerprint density at radius 1 is 1.40 bits per heavy atom. The first-order valence-corrected chi connectivity index (χ1v) is 8.16. The average molecular weight is 371 g/mol. The van der Waals surface area contributed by atoms with Gasteiger partial charge in [-0.15, -0.1) is 11.3 Å². The van der Waals surface area contributed by atoms with Crippen molar-refractivity contribution < 1.29 is 0 Å². The van der Waals surface area contributed by atoms with Gasteiger partial charge in [0.05, 0.1) is 28.6 Å². The monoisotopic (exact) mass is 369 g/mol. The van der Waals surface area contributed by atoms with Crippen LogP contribution in [0.5, 0.6) is 0 Å². The Labute approximate surface area is 134 Å². The van der Waals surface area contributed by atoms with Crippen LogP contribution in [0.25, 0.3) is 4.96 Å². The van der Waals surface area contributed by atoms with Gasteiger partial charge in [0.1, 0.15) is 0 Å². The maximum atomic E-state index is 6.22. The molecule has 104 valence electrons. The molecule has 6 heteroatoms. The number of nitrogens with one attached hydrogen (secondary N) is 1. The molecule has 3 rings (SSSR count). The highest BCUT2D eigenvalue weighted by atomic mass is 79.9. The van der Waals surface area contributed by atoms with Crippen LogP contribution in [0.1, 0.15) is 16.3 Å². The van der Waals surface area contributed by atoms with Crippen molar-refractivity contribution in [1.29, 1.82) is 0 Å². The van der Waals surface area contributed by atoms with Gasteiger partial charge >= 0.3 is 0 Å². The fourth-order valence-electron chi connectivity index (χ4n) is 2.13. The SMILES string of the molecule is Cc1cn2c(CNc3ccc(Br)cc3Cl)c(C)nc2s1. The van der Waals surface area contributed by atoms with Crippen LogP contribution in [0.2, 0.25) is 5.02 Å². The Balaban J connectivity index is 1.87. The van der Waals surface area contributed by atoms with E-state index in [4.69, 9.17) is 11.6 Å². The number of benzene rings is 1. The molecular formula is C14H13BrClN3S. The van der Waals surface area contributed by atoms with Crippen LogP contribution in [0.4, 0.5) is 5.69 Å². The lowest BCUT2D eigenvalue weighted by Gasteiger charge is -2.09. The summed E-state index contributed by atoms with van der Waals surface area (Å²) >= 11 is 11.3. The maximum Gasteiger partial charge on any atom is 0.194 e. The molecule has 3 aromatic rings. The van der Waals surface area contributed by atoms with E-state index in [0.717, 1.165) is 20.8 Å². The first-order chi connectivity index (χ1) is 9.54. The van der Waals surface area contributed by atoms with Gasteiger partial charge in [-0.05, 0) is 32.0 Å². The number of imidazole rings is 1. The Morgan fingerprint density at radius 3 is 2.95 bits per heavy atom. The van der Waals surface area contributed by atoms with E-state index in [2.05, 4.69) is 43.8 Å². The van der Waals surface area contributed by atoms with Crippen molar-refractivity contribution in [2.75, 3.05) is 5.32 Å². The standard InChI is InChI=1S/C14H13BrClN3S/c1-8-7-19-13(9(2)18-14(19)20-8)6-17-12-4-3-10(15)5-11(12)16/h3-5,7,17H,6H2,1-2H3. The van der Waals surface area contributed by atoms with Crippen LogP contribution in [-0.4, -0.2) is 9.38 Å². The molecule has 0 aliphatic rings. The van der Waals surface area contributed by atoms with E-state index in [1.807, 2.05) is 25.1 Å². The van der Waals surface area contributed by atoms with Crippen LogP contribution >= 0.6 is 38.9 Å². The van der Waals surface area contributed by atoms with E-state index in [1.165, 1.54) is 10.6 Å².